The van der Waals surface area contributed by atoms with Crippen LogP contribution in [0.2, 0.25) is 0 Å². The summed E-state index contributed by atoms with van der Waals surface area (Å²) in [4.78, 5) is 9.37. The van der Waals surface area contributed by atoms with Crippen LogP contribution in [-0.4, -0.2) is 9.97 Å². The maximum Gasteiger partial charge on any atom is 0.146 e. The minimum atomic E-state index is -0.0909. The average Bonchev–Trinajstić information content (AvgIpc) is 3.10. The molecule has 1 heterocycles. The summed E-state index contributed by atoms with van der Waals surface area (Å²) < 4.78 is 0. The van der Waals surface area contributed by atoms with Crippen molar-refractivity contribution in [3.63, 3.8) is 0 Å². The van der Waals surface area contributed by atoms with E-state index in [1.807, 2.05) is 0 Å². The summed E-state index contributed by atoms with van der Waals surface area (Å²) in [6, 6.07) is 2.09. The van der Waals surface area contributed by atoms with E-state index in [4.69, 9.17) is 10.7 Å². The molecule has 100 valence electrons. The summed E-state index contributed by atoms with van der Waals surface area (Å²) in [6.45, 7) is 8.61. The predicted molar refractivity (Wildman–Crippen MR) is 74.4 cm³/mol. The van der Waals surface area contributed by atoms with Crippen molar-refractivity contribution in [2.75, 3.05) is 0 Å². The molecule has 1 atom stereocenters. The lowest BCUT2D eigenvalue weighted by Crippen LogP contribution is -2.28. The van der Waals surface area contributed by atoms with Crippen LogP contribution in [0.15, 0.2) is 6.07 Å². The van der Waals surface area contributed by atoms with E-state index in [0.29, 0.717) is 5.92 Å². The number of rotatable bonds is 4. The summed E-state index contributed by atoms with van der Waals surface area (Å²) in [7, 11) is 0. The first-order valence-corrected chi connectivity index (χ1v) is 7.05. The Hall–Kier alpha value is -0.960. The Kier molecular flexibility index (Phi) is 3.71. The second-order valence-electron chi connectivity index (χ2n) is 6.51. The van der Waals surface area contributed by atoms with Gasteiger partial charge in [-0.1, -0.05) is 34.1 Å². The highest BCUT2D eigenvalue weighted by Gasteiger charge is 2.29. The Bertz CT molecular complexity index is 416. The highest BCUT2D eigenvalue weighted by Crippen LogP contribution is 2.40. The zero-order chi connectivity index (χ0) is 13.3. The maximum absolute atomic E-state index is 6.30. The van der Waals surface area contributed by atoms with E-state index in [-0.39, 0.29) is 11.5 Å². The molecule has 1 unspecified atom stereocenters. The van der Waals surface area contributed by atoms with Gasteiger partial charge in [-0.15, -0.1) is 0 Å². The van der Waals surface area contributed by atoms with Crippen LogP contribution in [0.4, 0.5) is 0 Å². The first-order valence-electron chi connectivity index (χ1n) is 7.05. The molecule has 2 rings (SSSR count). The molecule has 1 aromatic rings. The fourth-order valence-corrected chi connectivity index (χ4v) is 2.04. The maximum atomic E-state index is 6.30. The largest absolute Gasteiger partial charge is 0.321 e. The number of aryl methyl sites for hydroxylation is 1. The molecule has 0 aliphatic heterocycles. The van der Waals surface area contributed by atoms with Crippen molar-refractivity contribution < 1.29 is 0 Å². The fraction of sp³-hybridized carbons (Fsp3) is 0.733. The highest BCUT2D eigenvalue weighted by atomic mass is 15.0. The van der Waals surface area contributed by atoms with E-state index in [1.165, 1.54) is 18.5 Å². The molecule has 0 saturated heterocycles. The number of nitrogens with zero attached hydrogens (tertiary/aromatic N) is 2. The molecule has 0 aromatic carbocycles. The van der Waals surface area contributed by atoms with Crippen molar-refractivity contribution in [2.24, 2.45) is 11.1 Å². The summed E-state index contributed by atoms with van der Waals surface area (Å²) in [5.41, 5.74) is 8.67. The summed E-state index contributed by atoms with van der Waals surface area (Å²) in [5.74, 6) is 1.49. The summed E-state index contributed by atoms with van der Waals surface area (Å²) in [5, 5.41) is 0. The third kappa shape index (κ3) is 3.08. The Labute approximate surface area is 110 Å². The number of aromatic nitrogens is 2. The lowest BCUT2D eigenvalue weighted by atomic mass is 9.87. The van der Waals surface area contributed by atoms with Gasteiger partial charge in [-0.25, -0.2) is 9.97 Å². The van der Waals surface area contributed by atoms with Gasteiger partial charge in [-0.05, 0) is 30.7 Å². The fourth-order valence-electron chi connectivity index (χ4n) is 2.04. The second kappa shape index (κ2) is 4.96. The van der Waals surface area contributed by atoms with Gasteiger partial charge in [0.05, 0.1) is 6.04 Å². The van der Waals surface area contributed by atoms with Crippen LogP contribution in [-0.2, 0) is 6.42 Å². The summed E-state index contributed by atoms with van der Waals surface area (Å²) in [6.07, 6.45) is 4.68. The molecule has 2 N–H and O–H groups in total. The third-order valence-corrected chi connectivity index (χ3v) is 3.53. The Morgan fingerprint density at radius 2 is 2.00 bits per heavy atom. The molecular weight excluding hydrogens is 222 g/mol. The van der Waals surface area contributed by atoms with Crippen molar-refractivity contribution in [1.82, 2.24) is 9.97 Å². The van der Waals surface area contributed by atoms with Gasteiger partial charge in [0.1, 0.15) is 5.82 Å². The van der Waals surface area contributed by atoms with Gasteiger partial charge in [-0.2, -0.15) is 0 Å². The van der Waals surface area contributed by atoms with E-state index in [9.17, 15) is 0 Å². The minimum Gasteiger partial charge on any atom is -0.321 e. The molecule has 3 heteroatoms. The Morgan fingerprint density at radius 1 is 1.33 bits per heavy atom. The van der Waals surface area contributed by atoms with E-state index >= 15 is 0 Å². The van der Waals surface area contributed by atoms with E-state index in [1.54, 1.807) is 0 Å². The third-order valence-electron chi connectivity index (χ3n) is 3.53. The molecule has 1 saturated carbocycles. The Balaban J connectivity index is 2.33. The lowest BCUT2D eigenvalue weighted by Gasteiger charge is -2.26. The molecule has 0 amide bonds. The second-order valence-corrected chi connectivity index (χ2v) is 6.51. The topological polar surface area (TPSA) is 51.8 Å². The minimum absolute atomic E-state index is 0.00561. The molecule has 1 fully saturated rings. The van der Waals surface area contributed by atoms with E-state index in [2.05, 4.69) is 38.7 Å². The van der Waals surface area contributed by atoms with Crippen molar-refractivity contribution in [1.29, 1.82) is 0 Å². The van der Waals surface area contributed by atoms with Crippen molar-refractivity contribution in [3.05, 3.63) is 23.3 Å². The van der Waals surface area contributed by atoms with Crippen LogP contribution >= 0.6 is 0 Å². The van der Waals surface area contributed by atoms with Crippen molar-refractivity contribution in [2.45, 2.75) is 65.3 Å². The number of hydrogen-bond donors (Lipinski definition) is 1. The molecule has 1 aliphatic rings. The van der Waals surface area contributed by atoms with Gasteiger partial charge in [-0.3, -0.25) is 0 Å². The highest BCUT2D eigenvalue weighted by molar-refractivity contribution is 5.20. The number of hydrogen-bond acceptors (Lipinski definition) is 3. The van der Waals surface area contributed by atoms with Crippen LogP contribution in [0.25, 0.3) is 0 Å². The quantitative estimate of drug-likeness (QED) is 0.887. The first kappa shape index (κ1) is 13.5. The smallest absolute Gasteiger partial charge is 0.146 e. The van der Waals surface area contributed by atoms with Gasteiger partial charge in [0, 0.05) is 17.3 Å². The number of nitrogens with two attached hydrogens (primary N) is 1. The molecule has 1 aliphatic carbocycles. The molecular formula is C15H25N3. The van der Waals surface area contributed by atoms with Crippen LogP contribution in [0, 0.1) is 5.41 Å². The van der Waals surface area contributed by atoms with Crippen molar-refractivity contribution in [3.8, 4) is 0 Å². The van der Waals surface area contributed by atoms with Gasteiger partial charge in [0.15, 0.2) is 0 Å². The molecule has 3 nitrogen and oxygen atoms in total. The molecule has 0 bridgehead atoms. The van der Waals surface area contributed by atoms with Gasteiger partial charge >= 0.3 is 0 Å². The van der Waals surface area contributed by atoms with E-state index in [0.717, 1.165) is 24.4 Å². The lowest BCUT2D eigenvalue weighted by molar-refractivity contribution is 0.314. The van der Waals surface area contributed by atoms with Crippen LogP contribution in [0.1, 0.15) is 76.1 Å². The standard InChI is InChI=1S/C15H25N3/c1-5-6-11-9-12(10-7-8-10)18-14(17-11)13(16)15(2,3)4/h9-10,13H,5-8,16H2,1-4H3. The Morgan fingerprint density at radius 3 is 2.50 bits per heavy atom. The van der Waals surface area contributed by atoms with Crippen LogP contribution in [0.3, 0.4) is 0 Å². The predicted octanol–water partition coefficient (Wildman–Crippen LogP) is 3.35. The van der Waals surface area contributed by atoms with Crippen LogP contribution < -0.4 is 5.73 Å². The normalized spacial score (nSPS) is 17.8. The zero-order valence-electron chi connectivity index (χ0n) is 12.0. The SMILES string of the molecule is CCCc1cc(C2CC2)nc(C(N)C(C)(C)C)n1. The van der Waals surface area contributed by atoms with Crippen LogP contribution in [0.5, 0.6) is 0 Å². The zero-order valence-corrected chi connectivity index (χ0v) is 12.0. The summed E-state index contributed by atoms with van der Waals surface area (Å²) >= 11 is 0. The van der Waals surface area contributed by atoms with Crippen molar-refractivity contribution >= 4 is 0 Å². The molecule has 0 radical (unpaired) electrons. The molecule has 18 heavy (non-hydrogen) atoms. The van der Waals surface area contributed by atoms with E-state index < -0.39 is 0 Å². The molecule has 0 spiro atoms. The average molecular weight is 247 g/mol. The van der Waals surface area contributed by atoms with Gasteiger partial charge < -0.3 is 5.73 Å². The monoisotopic (exact) mass is 247 g/mol. The molecule has 1 aromatic heterocycles. The van der Waals surface area contributed by atoms with Gasteiger partial charge in [0.25, 0.3) is 0 Å². The van der Waals surface area contributed by atoms with Gasteiger partial charge in [0.2, 0.25) is 0 Å². The first-order chi connectivity index (χ1) is 8.41.